The largest absolute Gasteiger partial charge is 0.436 e. The summed E-state index contributed by atoms with van der Waals surface area (Å²) in [7, 11) is -3.78. The molecule has 1 aromatic heterocycles. The Balaban J connectivity index is 1.51. The topological polar surface area (TPSA) is 89.3 Å². The standard InChI is InChI=1S/C21H15ClN2O4S/c22-15-8-10-17(11-9-15)29(26,27)13-20(25)23-16-5-3-4-14(12-16)21-24-18-6-1-2-7-19(18)28-21/h1-12H,13H2,(H,23,25). The SMILES string of the molecule is O=C(CS(=O)(=O)c1ccc(Cl)cc1)Nc1cccc(-c2nc3ccccc3o2)c1. The van der Waals surface area contributed by atoms with Gasteiger partial charge in [0.15, 0.2) is 15.4 Å². The van der Waals surface area contributed by atoms with Gasteiger partial charge in [-0.1, -0.05) is 29.8 Å². The number of aromatic nitrogens is 1. The van der Waals surface area contributed by atoms with Gasteiger partial charge in [-0.3, -0.25) is 4.79 Å². The summed E-state index contributed by atoms with van der Waals surface area (Å²) < 4.78 is 30.5. The first-order chi connectivity index (χ1) is 13.9. The number of carbonyl (C=O) groups is 1. The van der Waals surface area contributed by atoms with Gasteiger partial charge in [0.25, 0.3) is 0 Å². The number of nitrogens with one attached hydrogen (secondary N) is 1. The molecule has 0 aliphatic rings. The zero-order valence-corrected chi connectivity index (χ0v) is 16.6. The molecular weight excluding hydrogens is 412 g/mol. The molecule has 0 radical (unpaired) electrons. The molecule has 0 aliphatic heterocycles. The summed E-state index contributed by atoms with van der Waals surface area (Å²) in [5, 5.41) is 3.03. The van der Waals surface area contributed by atoms with Crippen LogP contribution < -0.4 is 5.32 Å². The van der Waals surface area contributed by atoms with Crippen LogP contribution in [0.2, 0.25) is 5.02 Å². The summed E-state index contributed by atoms with van der Waals surface area (Å²) in [4.78, 5) is 16.8. The van der Waals surface area contributed by atoms with Crippen molar-refractivity contribution in [3.05, 3.63) is 77.8 Å². The van der Waals surface area contributed by atoms with Crippen LogP contribution in [0.15, 0.2) is 82.1 Å². The molecule has 0 spiro atoms. The molecule has 0 saturated carbocycles. The van der Waals surface area contributed by atoms with E-state index in [1.165, 1.54) is 24.3 Å². The van der Waals surface area contributed by atoms with E-state index in [2.05, 4.69) is 10.3 Å². The molecule has 0 fully saturated rings. The molecule has 29 heavy (non-hydrogen) atoms. The van der Waals surface area contributed by atoms with Crippen LogP contribution >= 0.6 is 11.6 Å². The highest BCUT2D eigenvalue weighted by atomic mass is 35.5. The normalized spacial score (nSPS) is 11.5. The van der Waals surface area contributed by atoms with Crippen molar-refractivity contribution in [1.82, 2.24) is 4.98 Å². The summed E-state index contributed by atoms with van der Waals surface area (Å²) in [6.07, 6.45) is 0. The first-order valence-electron chi connectivity index (χ1n) is 8.65. The lowest BCUT2D eigenvalue weighted by Crippen LogP contribution is -2.23. The number of halogens is 1. The second-order valence-electron chi connectivity index (χ2n) is 6.33. The van der Waals surface area contributed by atoms with Crippen molar-refractivity contribution in [3.63, 3.8) is 0 Å². The van der Waals surface area contributed by atoms with Crippen molar-refractivity contribution in [1.29, 1.82) is 0 Å². The Hall–Kier alpha value is -3.16. The third-order valence-corrected chi connectivity index (χ3v) is 6.07. The number of carbonyl (C=O) groups excluding carboxylic acids is 1. The lowest BCUT2D eigenvalue weighted by atomic mass is 10.2. The van der Waals surface area contributed by atoms with Crippen molar-refractivity contribution in [2.24, 2.45) is 0 Å². The number of para-hydroxylation sites is 2. The Labute approximate surface area is 172 Å². The van der Waals surface area contributed by atoms with Crippen molar-refractivity contribution >= 4 is 44.1 Å². The predicted molar refractivity (Wildman–Crippen MR) is 112 cm³/mol. The first kappa shape index (κ1) is 19.2. The molecular formula is C21H15ClN2O4S. The van der Waals surface area contributed by atoms with Crippen LogP contribution in [-0.4, -0.2) is 25.1 Å². The van der Waals surface area contributed by atoms with Gasteiger partial charge in [-0.05, 0) is 54.6 Å². The maximum absolute atomic E-state index is 12.4. The average molecular weight is 427 g/mol. The zero-order valence-electron chi connectivity index (χ0n) is 15.0. The van der Waals surface area contributed by atoms with E-state index < -0.39 is 21.5 Å². The molecule has 0 saturated heterocycles. The van der Waals surface area contributed by atoms with Crippen LogP contribution in [0.5, 0.6) is 0 Å². The molecule has 0 aliphatic carbocycles. The van der Waals surface area contributed by atoms with Crippen LogP contribution in [0, 0.1) is 0 Å². The van der Waals surface area contributed by atoms with Gasteiger partial charge >= 0.3 is 0 Å². The number of rotatable bonds is 5. The van der Waals surface area contributed by atoms with Crippen molar-refractivity contribution in [2.45, 2.75) is 4.90 Å². The van der Waals surface area contributed by atoms with E-state index in [1.54, 1.807) is 24.3 Å². The summed E-state index contributed by atoms with van der Waals surface area (Å²) in [6, 6.07) is 19.9. The van der Waals surface area contributed by atoms with Gasteiger partial charge in [0.05, 0.1) is 4.90 Å². The highest BCUT2D eigenvalue weighted by Crippen LogP contribution is 2.26. The molecule has 0 atom stereocenters. The number of anilines is 1. The average Bonchev–Trinajstić information content (AvgIpc) is 3.12. The molecule has 0 unspecified atom stereocenters. The minimum Gasteiger partial charge on any atom is -0.436 e. The van der Waals surface area contributed by atoms with Gasteiger partial charge in [0.2, 0.25) is 11.8 Å². The fourth-order valence-electron chi connectivity index (χ4n) is 2.82. The highest BCUT2D eigenvalue weighted by molar-refractivity contribution is 7.92. The minimum atomic E-state index is -3.78. The van der Waals surface area contributed by atoms with Crippen LogP contribution in [0.4, 0.5) is 5.69 Å². The van der Waals surface area contributed by atoms with E-state index >= 15 is 0 Å². The number of amides is 1. The molecule has 4 aromatic rings. The third kappa shape index (κ3) is 4.31. The Morgan fingerprint density at radius 2 is 1.76 bits per heavy atom. The maximum atomic E-state index is 12.4. The van der Waals surface area contributed by atoms with E-state index in [4.69, 9.17) is 16.0 Å². The lowest BCUT2D eigenvalue weighted by molar-refractivity contribution is -0.113. The summed E-state index contributed by atoms with van der Waals surface area (Å²) in [5.74, 6) is -0.910. The fraction of sp³-hybridized carbons (Fsp3) is 0.0476. The van der Waals surface area contributed by atoms with Crippen molar-refractivity contribution in [3.8, 4) is 11.5 Å². The van der Waals surface area contributed by atoms with E-state index in [1.807, 2.05) is 24.3 Å². The summed E-state index contributed by atoms with van der Waals surface area (Å²) >= 11 is 5.78. The second kappa shape index (κ2) is 7.69. The molecule has 1 heterocycles. The van der Waals surface area contributed by atoms with E-state index in [0.717, 1.165) is 5.52 Å². The van der Waals surface area contributed by atoms with E-state index in [-0.39, 0.29) is 4.90 Å². The van der Waals surface area contributed by atoms with Gasteiger partial charge in [-0.2, -0.15) is 0 Å². The smallest absolute Gasteiger partial charge is 0.239 e. The Morgan fingerprint density at radius 3 is 2.52 bits per heavy atom. The summed E-state index contributed by atoms with van der Waals surface area (Å²) in [6.45, 7) is 0. The Bertz CT molecular complexity index is 1260. The van der Waals surface area contributed by atoms with Crippen LogP contribution in [0.25, 0.3) is 22.6 Å². The predicted octanol–water partition coefficient (Wildman–Crippen LogP) is 4.56. The number of hydrogen-bond acceptors (Lipinski definition) is 5. The van der Waals surface area contributed by atoms with Crippen molar-refractivity contribution < 1.29 is 17.6 Å². The summed E-state index contributed by atoms with van der Waals surface area (Å²) in [5.41, 5.74) is 2.50. The molecule has 0 bridgehead atoms. The Morgan fingerprint density at radius 1 is 1.00 bits per heavy atom. The highest BCUT2D eigenvalue weighted by Gasteiger charge is 2.19. The fourth-order valence-corrected chi connectivity index (χ4v) is 4.08. The van der Waals surface area contributed by atoms with Gasteiger partial charge in [0, 0.05) is 16.3 Å². The van der Waals surface area contributed by atoms with Crippen LogP contribution in [0.1, 0.15) is 0 Å². The quantitative estimate of drug-likeness (QED) is 0.505. The van der Waals surface area contributed by atoms with Gasteiger partial charge in [0.1, 0.15) is 11.3 Å². The molecule has 4 rings (SSSR count). The second-order valence-corrected chi connectivity index (χ2v) is 8.75. The van der Waals surface area contributed by atoms with Crippen molar-refractivity contribution in [2.75, 3.05) is 11.1 Å². The number of hydrogen-bond donors (Lipinski definition) is 1. The Kier molecular flexibility index (Phi) is 5.08. The molecule has 6 nitrogen and oxygen atoms in total. The molecule has 8 heteroatoms. The maximum Gasteiger partial charge on any atom is 0.239 e. The van der Waals surface area contributed by atoms with Gasteiger partial charge in [-0.15, -0.1) is 0 Å². The number of benzene rings is 3. The van der Waals surface area contributed by atoms with E-state index in [9.17, 15) is 13.2 Å². The molecule has 1 amide bonds. The molecule has 3 aromatic carbocycles. The van der Waals surface area contributed by atoms with Crippen LogP contribution in [-0.2, 0) is 14.6 Å². The van der Waals surface area contributed by atoms with Crippen LogP contribution in [0.3, 0.4) is 0 Å². The lowest BCUT2D eigenvalue weighted by Gasteiger charge is -2.07. The van der Waals surface area contributed by atoms with Gasteiger partial charge in [-0.25, -0.2) is 13.4 Å². The number of sulfone groups is 1. The molecule has 146 valence electrons. The molecule has 1 N–H and O–H groups in total. The van der Waals surface area contributed by atoms with Gasteiger partial charge < -0.3 is 9.73 Å². The van der Waals surface area contributed by atoms with E-state index in [0.29, 0.717) is 27.7 Å². The third-order valence-electron chi connectivity index (χ3n) is 4.18. The number of oxazole rings is 1. The minimum absolute atomic E-state index is 0.0391. The first-order valence-corrected chi connectivity index (χ1v) is 10.7. The monoisotopic (exact) mass is 426 g/mol. The number of nitrogens with zero attached hydrogens (tertiary/aromatic N) is 1. The zero-order chi connectivity index (χ0) is 20.4. The number of fused-ring (bicyclic) bond motifs is 1.